The minimum Gasteiger partial charge on any atom is -0.496 e. The minimum atomic E-state index is -0.771. The Morgan fingerprint density at radius 3 is 2.59 bits per heavy atom. The molecule has 0 aliphatic carbocycles. The molecule has 0 saturated carbocycles. The zero-order valence-electron chi connectivity index (χ0n) is 10.5. The van der Waals surface area contributed by atoms with Crippen molar-refractivity contribution in [2.75, 3.05) is 20.3 Å². The third-order valence-corrected chi connectivity index (χ3v) is 2.99. The van der Waals surface area contributed by atoms with Crippen molar-refractivity contribution in [2.24, 2.45) is 5.73 Å². The Morgan fingerprint density at radius 1 is 1.35 bits per heavy atom. The molecule has 0 bridgehead atoms. The first-order valence-electron chi connectivity index (χ1n) is 5.74. The van der Waals surface area contributed by atoms with Crippen LogP contribution < -0.4 is 10.5 Å². The SMILES string of the molecule is COc1ccc(C)cc1C1(C)OCC(N)CO1. The molecular weight excluding hydrogens is 218 g/mol. The van der Waals surface area contributed by atoms with Gasteiger partial charge >= 0.3 is 0 Å². The maximum atomic E-state index is 5.75. The van der Waals surface area contributed by atoms with Gasteiger partial charge in [0.25, 0.3) is 0 Å². The number of aryl methyl sites for hydroxylation is 1. The standard InChI is InChI=1S/C13H19NO3/c1-9-4-5-12(15-3)11(6-9)13(2)16-7-10(14)8-17-13/h4-6,10H,7-8,14H2,1-3H3. The normalized spacial score (nSPS) is 29.1. The van der Waals surface area contributed by atoms with Crippen molar-refractivity contribution < 1.29 is 14.2 Å². The van der Waals surface area contributed by atoms with Crippen molar-refractivity contribution in [1.82, 2.24) is 0 Å². The average molecular weight is 237 g/mol. The van der Waals surface area contributed by atoms with Crippen molar-refractivity contribution in [3.8, 4) is 5.75 Å². The van der Waals surface area contributed by atoms with Crippen LogP contribution in [0.3, 0.4) is 0 Å². The van der Waals surface area contributed by atoms with E-state index in [0.717, 1.165) is 16.9 Å². The molecule has 1 fully saturated rings. The van der Waals surface area contributed by atoms with Crippen LogP contribution in [0.15, 0.2) is 18.2 Å². The van der Waals surface area contributed by atoms with E-state index in [9.17, 15) is 0 Å². The number of ether oxygens (including phenoxy) is 3. The fourth-order valence-electron chi connectivity index (χ4n) is 1.95. The van der Waals surface area contributed by atoms with Gasteiger partial charge < -0.3 is 19.9 Å². The summed E-state index contributed by atoms with van der Waals surface area (Å²) in [5.41, 5.74) is 7.80. The molecule has 0 radical (unpaired) electrons. The van der Waals surface area contributed by atoms with Crippen molar-refractivity contribution in [3.05, 3.63) is 29.3 Å². The van der Waals surface area contributed by atoms with E-state index >= 15 is 0 Å². The average Bonchev–Trinajstić information content (AvgIpc) is 2.33. The van der Waals surface area contributed by atoms with Crippen molar-refractivity contribution in [1.29, 1.82) is 0 Å². The van der Waals surface area contributed by atoms with Gasteiger partial charge in [0.05, 0.1) is 31.9 Å². The maximum Gasteiger partial charge on any atom is 0.195 e. The lowest BCUT2D eigenvalue weighted by molar-refractivity contribution is -0.270. The largest absolute Gasteiger partial charge is 0.496 e. The van der Waals surface area contributed by atoms with Gasteiger partial charge in [-0.15, -0.1) is 0 Å². The second-order valence-corrected chi connectivity index (χ2v) is 4.53. The number of hydrogen-bond donors (Lipinski definition) is 1. The molecule has 0 spiro atoms. The fraction of sp³-hybridized carbons (Fsp3) is 0.538. The van der Waals surface area contributed by atoms with Crippen LogP contribution in [-0.2, 0) is 15.3 Å². The van der Waals surface area contributed by atoms with Crippen LogP contribution in [0.2, 0.25) is 0 Å². The van der Waals surface area contributed by atoms with E-state index in [0.29, 0.717) is 13.2 Å². The van der Waals surface area contributed by atoms with Crippen LogP contribution in [0, 0.1) is 6.92 Å². The molecular formula is C13H19NO3. The molecule has 1 heterocycles. The Labute approximate surface area is 102 Å². The highest BCUT2D eigenvalue weighted by atomic mass is 16.7. The maximum absolute atomic E-state index is 5.75. The van der Waals surface area contributed by atoms with Crippen molar-refractivity contribution in [3.63, 3.8) is 0 Å². The predicted molar refractivity (Wildman–Crippen MR) is 65.0 cm³/mol. The van der Waals surface area contributed by atoms with E-state index in [-0.39, 0.29) is 6.04 Å². The lowest BCUT2D eigenvalue weighted by atomic mass is 10.0. The van der Waals surface area contributed by atoms with Gasteiger partial charge in [0, 0.05) is 0 Å². The summed E-state index contributed by atoms with van der Waals surface area (Å²) in [5, 5.41) is 0. The molecule has 0 unspecified atom stereocenters. The summed E-state index contributed by atoms with van der Waals surface area (Å²) < 4.78 is 16.8. The summed E-state index contributed by atoms with van der Waals surface area (Å²) in [7, 11) is 1.64. The Kier molecular flexibility index (Phi) is 3.38. The van der Waals surface area contributed by atoms with Crippen molar-refractivity contribution in [2.45, 2.75) is 25.7 Å². The Bertz CT molecular complexity index is 398. The molecule has 1 aliphatic rings. The Balaban J connectivity index is 2.34. The number of hydrogen-bond acceptors (Lipinski definition) is 4. The fourth-order valence-corrected chi connectivity index (χ4v) is 1.95. The second-order valence-electron chi connectivity index (χ2n) is 4.53. The summed E-state index contributed by atoms with van der Waals surface area (Å²) in [4.78, 5) is 0. The van der Waals surface area contributed by atoms with E-state index in [4.69, 9.17) is 19.9 Å². The third-order valence-electron chi connectivity index (χ3n) is 2.99. The molecule has 0 atom stereocenters. The van der Waals surface area contributed by atoms with Gasteiger partial charge in [0.2, 0.25) is 0 Å². The molecule has 1 saturated heterocycles. The van der Waals surface area contributed by atoms with Gasteiger partial charge in [0.15, 0.2) is 5.79 Å². The van der Waals surface area contributed by atoms with Gasteiger partial charge in [-0.25, -0.2) is 0 Å². The molecule has 4 nitrogen and oxygen atoms in total. The third kappa shape index (κ3) is 2.44. The zero-order chi connectivity index (χ0) is 12.5. The lowest BCUT2D eigenvalue weighted by Crippen LogP contribution is -2.46. The molecule has 2 rings (SSSR count). The molecule has 17 heavy (non-hydrogen) atoms. The van der Waals surface area contributed by atoms with E-state index < -0.39 is 5.79 Å². The van der Waals surface area contributed by atoms with Gasteiger partial charge in [0.1, 0.15) is 5.75 Å². The first-order chi connectivity index (χ1) is 8.05. The summed E-state index contributed by atoms with van der Waals surface area (Å²) in [6.07, 6.45) is 0. The van der Waals surface area contributed by atoms with Crippen LogP contribution in [0.1, 0.15) is 18.1 Å². The van der Waals surface area contributed by atoms with Crippen molar-refractivity contribution >= 4 is 0 Å². The predicted octanol–water partition coefficient (Wildman–Crippen LogP) is 1.55. The quantitative estimate of drug-likeness (QED) is 0.848. The van der Waals surface area contributed by atoms with E-state index in [2.05, 4.69) is 0 Å². The van der Waals surface area contributed by atoms with Crippen LogP contribution in [0.25, 0.3) is 0 Å². The van der Waals surface area contributed by atoms with Crippen LogP contribution in [0.5, 0.6) is 5.75 Å². The van der Waals surface area contributed by atoms with Gasteiger partial charge in [-0.05, 0) is 26.0 Å². The highest BCUT2D eigenvalue weighted by Gasteiger charge is 2.36. The first kappa shape index (κ1) is 12.4. The summed E-state index contributed by atoms with van der Waals surface area (Å²) in [6, 6.07) is 5.89. The Hall–Kier alpha value is -1.10. The highest BCUT2D eigenvalue weighted by molar-refractivity contribution is 5.39. The van der Waals surface area contributed by atoms with E-state index in [1.54, 1.807) is 7.11 Å². The second kappa shape index (κ2) is 4.64. The molecule has 1 aromatic carbocycles. The van der Waals surface area contributed by atoms with E-state index in [1.165, 1.54) is 0 Å². The van der Waals surface area contributed by atoms with Gasteiger partial charge in [-0.2, -0.15) is 0 Å². The monoisotopic (exact) mass is 237 g/mol. The number of benzene rings is 1. The first-order valence-corrected chi connectivity index (χ1v) is 5.74. The summed E-state index contributed by atoms with van der Waals surface area (Å²) in [5.74, 6) is 0.00122. The Morgan fingerprint density at radius 2 is 2.00 bits per heavy atom. The van der Waals surface area contributed by atoms with Gasteiger partial charge in [-0.3, -0.25) is 0 Å². The highest BCUT2D eigenvalue weighted by Crippen LogP contribution is 2.36. The lowest BCUT2D eigenvalue weighted by Gasteiger charge is -2.37. The molecule has 4 heteroatoms. The van der Waals surface area contributed by atoms with Gasteiger partial charge in [-0.1, -0.05) is 11.6 Å². The summed E-state index contributed by atoms with van der Waals surface area (Å²) in [6.45, 7) is 4.91. The number of nitrogens with two attached hydrogens (primary N) is 1. The molecule has 2 N–H and O–H groups in total. The molecule has 0 amide bonds. The van der Waals surface area contributed by atoms with Crippen LogP contribution in [0.4, 0.5) is 0 Å². The van der Waals surface area contributed by atoms with Crippen LogP contribution >= 0.6 is 0 Å². The number of rotatable bonds is 2. The topological polar surface area (TPSA) is 53.7 Å². The molecule has 1 aliphatic heterocycles. The zero-order valence-corrected chi connectivity index (χ0v) is 10.5. The smallest absolute Gasteiger partial charge is 0.195 e. The van der Waals surface area contributed by atoms with E-state index in [1.807, 2.05) is 32.0 Å². The molecule has 94 valence electrons. The molecule has 0 aromatic heterocycles. The minimum absolute atomic E-state index is 0.0566. The summed E-state index contributed by atoms with van der Waals surface area (Å²) >= 11 is 0. The molecule has 1 aromatic rings. The van der Waals surface area contributed by atoms with Crippen LogP contribution in [-0.4, -0.2) is 26.4 Å². The number of methoxy groups -OCH3 is 1.